The number of rotatable bonds is 6. The van der Waals surface area contributed by atoms with E-state index in [0.29, 0.717) is 36.6 Å². The lowest BCUT2D eigenvalue weighted by atomic mass is 9.74. The van der Waals surface area contributed by atoms with Crippen molar-refractivity contribution >= 4 is 11.8 Å². The van der Waals surface area contributed by atoms with Gasteiger partial charge in [0.2, 0.25) is 0 Å². The van der Waals surface area contributed by atoms with E-state index in [1.54, 1.807) is 39.9 Å². The number of aromatic nitrogens is 2. The van der Waals surface area contributed by atoms with Crippen LogP contribution in [0, 0.1) is 12.3 Å². The number of carbonyl (C=O) groups is 2. The van der Waals surface area contributed by atoms with Crippen molar-refractivity contribution in [3.63, 3.8) is 0 Å². The summed E-state index contributed by atoms with van der Waals surface area (Å²) in [5.74, 6) is 0.454. The van der Waals surface area contributed by atoms with Crippen LogP contribution < -0.4 is 10.1 Å². The Kier molecular flexibility index (Phi) is 6.66. The van der Waals surface area contributed by atoms with E-state index in [4.69, 9.17) is 4.74 Å². The highest BCUT2D eigenvalue weighted by atomic mass is 19.4. The van der Waals surface area contributed by atoms with E-state index in [1.807, 2.05) is 13.8 Å². The van der Waals surface area contributed by atoms with Gasteiger partial charge in [-0.2, -0.15) is 18.3 Å². The molecule has 1 saturated heterocycles. The number of aryl methyl sites for hydroxylation is 2. The van der Waals surface area contributed by atoms with Crippen LogP contribution in [-0.4, -0.2) is 45.6 Å². The second kappa shape index (κ2) is 9.81. The molecule has 7 nitrogen and oxygen atoms in total. The van der Waals surface area contributed by atoms with E-state index in [-0.39, 0.29) is 29.0 Å². The topological polar surface area (TPSA) is 76.5 Å². The molecule has 1 aromatic heterocycles. The molecule has 1 aliphatic heterocycles. The first-order valence-electron chi connectivity index (χ1n) is 12.7. The van der Waals surface area contributed by atoms with Crippen molar-refractivity contribution in [2.75, 3.05) is 13.1 Å². The fourth-order valence-corrected chi connectivity index (χ4v) is 5.50. The van der Waals surface area contributed by atoms with Crippen molar-refractivity contribution in [1.29, 1.82) is 0 Å². The standard InChI is InChI=1S/C28H29F3N4O3/c1-3-35-23(15-18(2)33-35)25(36)32-24-5-4-14-27(24)16-34(17-27)26(37)19-6-10-21(11-7-19)38-22-12-8-20(9-13-22)28(29,30)31/h6-13,15,24H,3-5,14,16-17H2,1-2H3,(H,32,36). The minimum atomic E-state index is -4.40. The van der Waals surface area contributed by atoms with Gasteiger partial charge in [0.15, 0.2) is 0 Å². The Morgan fingerprint density at radius 2 is 1.71 bits per heavy atom. The number of likely N-dealkylation sites (tertiary alicyclic amines) is 1. The largest absolute Gasteiger partial charge is 0.457 e. The number of hydrogen-bond donors (Lipinski definition) is 1. The second-order valence-corrected chi connectivity index (χ2v) is 10.1. The van der Waals surface area contributed by atoms with Crippen LogP contribution in [-0.2, 0) is 12.7 Å². The number of halogens is 3. The molecule has 0 bridgehead atoms. The van der Waals surface area contributed by atoms with E-state index < -0.39 is 11.7 Å². The lowest BCUT2D eigenvalue weighted by molar-refractivity contribution is -0.137. The molecule has 1 unspecified atom stereocenters. The number of carbonyl (C=O) groups excluding carboxylic acids is 2. The predicted molar refractivity (Wildman–Crippen MR) is 134 cm³/mol. The molecular weight excluding hydrogens is 497 g/mol. The van der Waals surface area contributed by atoms with Crippen LogP contribution in [0.2, 0.25) is 0 Å². The van der Waals surface area contributed by atoms with Crippen LogP contribution in [0.15, 0.2) is 54.6 Å². The number of nitrogens with one attached hydrogen (secondary N) is 1. The molecule has 3 aromatic rings. The Labute approximate surface area is 218 Å². The Morgan fingerprint density at radius 1 is 1.08 bits per heavy atom. The van der Waals surface area contributed by atoms with E-state index in [1.165, 1.54) is 12.1 Å². The summed E-state index contributed by atoms with van der Waals surface area (Å²) in [5.41, 5.74) is 0.987. The van der Waals surface area contributed by atoms with Gasteiger partial charge in [0.05, 0.1) is 11.3 Å². The van der Waals surface area contributed by atoms with Crippen molar-refractivity contribution in [3.05, 3.63) is 77.1 Å². The van der Waals surface area contributed by atoms with E-state index in [9.17, 15) is 22.8 Å². The molecular formula is C28H29F3N4O3. The highest BCUT2D eigenvalue weighted by Gasteiger charge is 2.53. The van der Waals surface area contributed by atoms with E-state index in [0.717, 1.165) is 37.1 Å². The summed E-state index contributed by atoms with van der Waals surface area (Å²) in [4.78, 5) is 27.8. The highest BCUT2D eigenvalue weighted by Crippen LogP contribution is 2.46. The lowest BCUT2D eigenvalue weighted by Gasteiger charge is -2.51. The van der Waals surface area contributed by atoms with Gasteiger partial charge in [-0.3, -0.25) is 14.3 Å². The van der Waals surface area contributed by atoms with Crippen molar-refractivity contribution < 1.29 is 27.5 Å². The van der Waals surface area contributed by atoms with Gasteiger partial charge in [-0.1, -0.05) is 6.42 Å². The van der Waals surface area contributed by atoms with Crippen LogP contribution in [0.3, 0.4) is 0 Å². The summed E-state index contributed by atoms with van der Waals surface area (Å²) in [6.45, 7) is 5.58. The number of hydrogen-bond acceptors (Lipinski definition) is 4. The third-order valence-electron chi connectivity index (χ3n) is 7.46. The molecule has 1 saturated carbocycles. The molecule has 10 heteroatoms. The Morgan fingerprint density at radius 3 is 2.32 bits per heavy atom. The Bertz CT molecular complexity index is 1330. The maximum Gasteiger partial charge on any atom is 0.416 e. The Hall–Kier alpha value is -3.82. The zero-order valence-electron chi connectivity index (χ0n) is 21.2. The zero-order chi connectivity index (χ0) is 27.1. The number of benzene rings is 2. The zero-order valence-corrected chi connectivity index (χ0v) is 21.2. The molecule has 200 valence electrons. The van der Waals surface area contributed by atoms with Gasteiger partial charge in [-0.25, -0.2) is 0 Å². The number of nitrogens with zero attached hydrogens (tertiary/aromatic N) is 3. The smallest absolute Gasteiger partial charge is 0.416 e. The molecule has 2 aliphatic rings. The minimum absolute atomic E-state index is 0.000859. The van der Waals surface area contributed by atoms with Crippen molar-refractivity contribution in [2.45, 2.75) is 51.9 Å². The maximum atomic E-state index is 13.1. The minimum Gasteiger partial charge on any atom is -0.457 e. The summed E-state index contributed by atoms with van der Waals surface area (Å²) >= 11 is 0. The average molecular weight is 527 g/mol. The van der Waals surface area contributed by atoms with Crippen LogP contribution >= 0.6 is 0 Å². The molecule has 1 N–H and O–H groups in total. The van der Waals surface area contributed by atoms with Gasteiger partial charge in [0.25, 0.3) is 11.8 Å². The number of amides is 2. The molecule has 2 heterocycles. The third kappa shape index (κ3) is 4.99. The quantitative estimate of drug-likeness (QED) is 0.464. The first kappa shape index (κ1) is 25.8. The van der Waals surface area contributed by atoms with E-state index >= 15 is 0 Å². The van der Waals surface area contributed by atoms with Gasteiger partial charge in [0, 0.05) is 36.7 Å². The monoisotopic (exact) mass is 526 g/mol. The Balaban J connectivity index is 1.18. The van der Waals surface area contributed by atoms with Crippen molar-refractivity contribution in [2.24, 2.45) is 5.41 Å². The molecule has 1 atom stereocenters. The van der Waals surface area contributed by atoms with Crippen LogP contribution in [0.5, 0.6) is 11.5 Å². The molecule has 2 aromatic carbocycles. The molecule has 2 fully saturated rings. The van der Waals surface area contributed by atoms with Gasteiger partial charge in [-0.15, -0.1) is 0 Å². The number of alkyl halides is 3. The van der Waals surface area contributed by atoms with Gasteiger partial charge < -0.3 is 15.0 Å². The SMILES string of the molecule is CCn1nc(C)cc1C(=O)NC1CCCC12CN(C(=O)c1ccc(Oc3ccc(C(F)(F)F)cc3)cc1)C2. The van der Waals surface area contributed by atoms with Crippen LogP contribution in [0.1, 0.15) is 58.3 Å². The molecule has 2 amide bonds. The van der Waals surface area contributed by atoms with Crippen molar-refractivity contribution in [1.82, 2.24) is 20.0 Å². The lowest BCUT2D eigenvalue weighted by Crippen LogP contribution is -2.64. The predicted octanol–water partition coefficient (Wildman–Crippen LogP) is 5.45. The number of ether oxygens (including phenoxy) is 1. The van der Waals surface area contributed by atoms with Crippen molar-refractivity contribution in [3.8, 4) is 11.5 Å². The van der Waals surface area contributed by atoms with Gasteiger partial charge in [-0.05, 0) is 81.3 Å². The molecule has 5 rings (SSSR count). The summed E-state index contributed by atoms with van der Waals surface area (Å²) in [7, 11) is 0. The summed E-state index contributed by atoms with van der Waals surface area (Å²) in [6, 6.07) is 12.8. The third-order valence-corrected chi connectivity index (χ3v) is 7.46. The molecule has 1 spiro atoms. The van der Waals surface area contributed by atoms with Crippen LogP contribution in [0.4, 0.5) is 13.2 Å². The highest BCUT2D eigenvalue weighted by molar-refractivity contribution is 5.95. The summed E-state index contributed by atoms with van der Waals surface area (Å²) in [6.07, 6.45) is -1.58. The fraction of sp³-hybridized carbons (Fsp3) is 0.393. The van der Waals surface area contributed by atoms with Crippen LogP contribution in [0.25, 0.3) is 0 Å². The first-order chi connectivity index (χ1) is 18.1. The molecule has 38 heavy (non-hydrogen) atoms. The second-order valence-electron chi connectivity index (χ2n) is 10.1. The summed E-state index contributed by atoms with van der Waals surface area (Å²) in [5, 5.41) is 7.56. The molecule has 1 aliphatic carbocycles. The first-order valence-corrected chi connectivity index (χ1v) is 12.7. The summed E-state index contributed by atoms with van der Waals surface area (Å²) < 4.78 is 45.5. The molecule has 0 radical (unpaired) electrons. The van der Waals surface area contributed by atoms with Gasteiger partial charge in [0.1, 0.15) is 17.2 Å². The fourth-order valence-electron chi connectivity index (χ4n) is 5.50. The van der Waals surface area contributed by atoms with Gasteiger partial charge >= 0.3 is 6.18 Å². The average Bonchev–Trinajstić information content (AvgIpc) is 3.46. The maximum absolute atomic E-state index is 13.1. The van der Waals surface area contributed by atoms with E-state index in [2.05, 4.69) is 10.4 Å². The normalized spacial score (nSPS) is 18.3.